The van der Waals surface area contributed by atoms with Crippen LogP contribution in [0, 0.1) is 6.92 Å². The summed E-state index contributed by atoms with van der Waals surface area (Å²) in [5.41, 5.74) is 4.46. The first-order valence-electron chi connectivity index (χ1n) is 7.07. The summed E-state index contributed by atoms with van der Waals surface area (Å²) in [5.74, 6) is 0. The lowest BCUT2D eigenvalue weighted by molar-refractivity contribution is 0.687. The monoisotopic (exact) mass is 342 g/mol. The Balaban J connectivity index is 2.18. The Labute approximate surface area is 142 Å². The number of aromatic nitrogens is 2. The number of hydrogen-bond acceptors (Lipinski definition) is 3. The maximum absolute atomic E-state index is 11.5. The number of benzene rings is 1. The largest absolute Gasteiger partial charge is 0.264 e. The fourth-order valence-electron chi connectivity index (χ4n) is 2.35. The van der Waals surface area contributed by atoms with E-state index in [1.165, 1.54) is 0 Å². The normalized spacial score (nSPS) is 12.1. The van der Waals surface area contributed by atoms with Crippen LogP contribution in [0.3, 0.4) is 0 Å². The molecule has 0 unspecified atom stereocenters. The molecule has 3 rings (SSSR count). The van der Waals surface area contributed by atoms with Crippen molar-refractivity contribution in [2.24, 2.45) is 0 Å². The molecule has 116 valence electrons. The van der Waals surface area contributed by atoms with E-state index in [1.54, 1.807) is 18.6 Å². The number of pyridine rings is 2. The van der Waals surface area contributed by atoms with Crippen LogP contribution in [-0.4, -0.2) is 20.4 Å². The standard InChI is InChI=1S/C18H15ClN2OS/c1-12-17(19)10-16(13-5-7-15(8-6-13)23(2)22)18(21-12)14-4-3-9-20-11-14/h3-11H,1-2H3/t23-/m1/s1. The molecule has 5 heteroatoms. The summed E-state index contributed by atoms with van der Waals surface area (Å²) >= 11 is 6.28. The molecule has 0 fully saturated rings. The Morgan fingerprint density at radius 2 is 1.83 bits per heavy atom. The van der Waals surface area contributed by atoms with Gasteiger partial charge in [-0.05, 0) is 42.8 Å². The van der Waals surface area contributed by atoms with E-state index in [-0.39, 0.29) is 0 Å². The molecule has 0 aliphatic carbocycles. The van der Waals surface area contributed by atoms with Crippen molar-refractivity contribution in [1.82, 2.24) is 9.97 Å². The zero-order valence-corrected chi connectivity index (χ0v) is 14.4. The molecular weight excluding hydrogens is 328 g/mol. The van der Waals surface area contributed by atoms with E-state index < -0.39 is 10.8 Å². The fourth-order valence-corrected chi connectivity index (χ4v) is 3.02. The third-order valence-corrected chi connectivity index (χ3v) is 4.90. The first kappa shape index (κ1) is 15.8. The third kappa shape index (κ3) is 3.33. The van der Waals surface area contributed by atoms with Gasteiger partial charge in [-0.25, -0.2) is 0 Å². The van der Waals surface area contributed by atoms with Crippen molar-refractivity contribution < 1.29 is 4.21 Å². The summed E-state index contributed by atoms with van der Waals surface area (Å²) in [6.07, 6.45) is 5.19. The first-order valence-corrected chi connectivity index (χ1v) is 9.01. The SMILES string of the molecule is Cc1nc(-c2cccnc2)c(-c2ccc([S@@](C)=O)cc2)cc1Cl. The molecule has 0 bridgehead atoms. The fraction of sp³-hybridized carbons (Fsp3) is 0.111. The Hall–Kier alpha value is -2.04. The van der Waals surface area contributed by atoms with Crippen molar-refractivity contribution in [2.45, 2.75) is 11.8 Å². The molecular formula is C18H15ClN2OS. The Morgan fingerprint density at radius 1 is 1.09 bits per heavy atom. The van der Waals surface area contributed by atoms with E-state index in [9.17, 15) is 4.21 Å². The van der Waals surface area contributed by atoms with Gasteiger partial charge in [-0.1, -0.05) is 23.7 Å². The van der Waals surface area contributed by atoms with Crippen molar-refractivity contribution in [2.75, 3.05) is 6.26 Å². The lowest BCUT2D eigenvalue weighted by Crippen LogP contribution is -1.94. The molecule has 0 aliphatic rings. The van der Waals surface area contributed by atoms with Crippen molar-refractivity contribution in [3.63, 3.8) is 0 Å². The highest BCUT2D eigenvalue weighted by molar-refractivity contribution is 7.84. The van der Waals surface area contributed by atoms with Crippen LogP contribution < -0.4 is 0 Å². The molecule has 0 aliphatic heterocycles. The topological polar surface area (TPSA) is 42.9 Å². The number of halogens is 1. The van der Waals surface area contributed by atoms with Crippen LogP contribution in [0.1, 0.15) is 5.69 Å². The lowest BCUT2D eigenvalue weighted by Gasteiger charge is -2.12. The average Bonchev–Trinajstić information content (AvgIpc) is 2.58. The van der Waals surface area contributed by atoms with E-state index in [0.29, 0.717) is 5.02 Å². The van der Waals surface area contributed by atoms with E-state index in [0.717, 1.165) is 33.0 Å². The summed E-state index contributed by atoms with van der Waals surface area (Å²) in [6, 6.07) is 13.4. The highest BCUT2D eigenvalue weighted by atomic mass is 35.5. The third-order valence-electron chi connectivity index (χ3n) is 3.58. The van der Waals surface area contributed by atoms with Gasteiger partial charge >= 0.3 is 0 Å². The van der Waals surface area contributed by atoms with Gasteiger partial charge in [-0.3, -0.25) is 14.2 Å². The second-order valence-corrected chi connectivity index (χ2v) is 6.96. The molecule has 0 saturated heterocycles. The highest BCUT2D eigenvalue weighted by Gasteiger charge is 2.13. The Kier molecular flexibility index (Phi) is 4.55. The van der Waals surface area contributed by atoms with Crippen LogP contribution >= 0.6 is 11.6 Å². The molecule has 3 nitrogen and oxygen atoms in total. The summed E-state index contributed by atoms with van der Waals surface area (Å²) in [4.78, 5) is 9.61. The van der Waals surface area contributed by atoms with Gasteiger partial charge in [0.25, 0.3) is 0 Å². The Morgan fingerprint density at radius 3 is 2.43 bits per heavy atom. The predicted molar refractivity (Wildman–Crippen MR) is 95.0 cm³/mol. The second-order valence-electron chi connectivity index (χ2n) is 5.17. The molecule has 1 aromatic carbocycles. The molecule has 2 aromatic heterocycles. The van der Waals surface area contributed by atoms with Gasteiger partial charge < -0.3 is 0 Å². The number of rotatable bonds is 3. The van der Waals surface area contributed by atoms with Gasteiger partial charge in [0.2, 0.25) is 0 Å². The summed E-state index contributed by atoms with van der Waals surface area (Å²) in [7, 11) is -0.995. The van der Waals surface area contributed by atoms with Crippen LogP contribution in [0.4, 0.5) is 0 Å². The van der Waals surface area contributed by atoms with Gasteiger partial charge in [0.05, 0.1) is 16.4 Å². The van der Waals surface area contributed by atoms with E-state index in [1.807, 2.05) is 49.4 Å². The average molecular weight is 343 g/mol. The minimum atomic E-state index is -0.995. The van der Waals surface area contributed by atoms with Crippen molar-refractivity contribution in [1.29, 1.82) is 0 Å². The van der Waals surface area contributed by atoms with Gasteiger partial charge in [-0.15, -0.1) is 0 Å². The summed E-state index contributed by atoms with van der Waals surface area (Å²) in [6.45, 7) is 1.88. The van der Waals surface area contributed by atoms with Crippen LogP contribution in [-0.2, 0) is 10.8 Å². The van der Waals surface area contributed by atoms with Crippen molar-refractivity contribution >= 4 is 22.4 Å². The van der Waals surface area contributed by atoms with Crippen molar-refractivity contribution in [3.8, 4) is 22.4 Å². The molecule has 2 heterocycles. The van der Waals surface area contributed by atoms with Crippen LogP contribution in [0.5, 0.6) is 0 Å². The number of hydrogen-bond donors (Lipinski definition) is 0. The van der Waals surface area contributed by atoms with Gasteiger partial charge in [-0.2, -0.15) is 0 Å². The maximum atomic E-state index is 11.5. The predicted octanol–water partition coefficient (Wildman–Crippen LogP) is 4.51. The zero-order valence-electron chi connectivity index (χ0n) is 12.8. The Bertz CT molecular complexity index is 864. The highest BCUT2D eigenvalue weighted by Crippen LogP contribution is 2.33. The minimum Gasteiger partial charge on any atom is -0.264 e. The van der Waals surface area contributed by atoms with Crippen LogP contribution in [0.2, 0.25) is 5.02 Å². The zero-order chi connectivity index (χ0) is 16.4. The lowest BCUT2D eigenvalue weighted by atomic mass is 10.00. The molecule has 0 N–H and O–H groups in total. The second kappa shape index (κ2) is 6.60. The number of aryl methyl sites for hydroxylation is 1. The van der Waals surface area contributed by atoms with E-state index in [4.69, 9.17) is 11.6 Å². The molecule has 0 radical (unpaired) electrons. The summed E-state index contributed by atoms with van der Waals surface area (Å²) < 4.78 is 11.5. The molecule has 0 spiro atoms. The van der Waals surface area contributed by atoms with Gasteiger partial charge in [0.1, 0.15) is 0 Å². The molecule has 1 atom stereocenters. The first-order chi connectivity index (χ1) is 11.1. The molecule has 3 aromatic rings. The van der Waals surface area contributed by atoms with E-state index >= 15 is 0 Å². The molecule has 23 heavy (non-hydrogen) atoms. The van der Waals surface area contributed by atoms with Gasteiger partial charge in [0.15, 0.2) is 0 Å². The smallest absolute Gasteiger partial charge is 0.0800 e. The molecule has 0 saturated carbocycles. The molecule has 0 amide bonds. The van der Waals surface area contributed by atoms with E-state index in [2.05, 4.69) is 9.97 Å². The van der Waals surface area contributed by atoms with Gasteiger partial charge in [0, 0.05) is 45.5 Å². The summed E-state index contributed by atoms with van der Waals surface area (Å²) in [5, 5.41) is 0.621. The van der Waals surface area contributed by atoms with Crippen LogP contribution in [0.25, 0.3) is 22.4 Å². The number of nitrogens with zero attached hydrogens (tertiary/aromatic N) is 2. The van der Waals surface area contributed by atoms with Crippen molar-refractivity contribution in [3.05, 3.63) is 65.6 Å². The maximum Gasteiger partial charge on any atom is 0.0800 e. The minimum absolute atomic E-state index is 0.621. The quantitative estimate of drug-likeness (QED) is 0.703. The van der Waals surface area contributed by atoms with Crippen LogP contribution in [0.15, 0.2) is 59.8 Å².